The summed E-state index contributed by atoms with van der Waals surface area (Å²) in [6.45, 7) is 1.76. The SMILES string of the molecule is OCCOc1ncc(F)c(N2CC3CC3C2)n1. The van der Waals surface area contributed by atoms with Gasteiger partial charge in [-0.3, -0.25) is 0 Å². The molecule has 2 heterocycles. The highest BCUT2D eigenvalue weighted by molar-refractivity contribution is 5.43. The van der Waals surface area contributed by atoms with Crippen molar-refractivity contribution < 1.29 is 14.2 Å². The molecule has 0 spiro atoms. The highest BCUT2D eigenvalue weighted by Gasteiger charge is 2.46. The number of fused-ring (bicyclic) bond motifs is 1. The molecule has 1 aliphatic carbocycles. The number of piperidine rings is 1. The van der Waals surface area contributed by atoms with Gasteiger partial charge in [0.25, 0.3) is 0 Å². The fourth-order valence-corrected chi connectivity index (χ4v) is 2.34. The lowest BCUT2D eigenvalue weighted by molar-refractivity contribution is 0.191. The van der Waals surface area contributed by atoms with Crippen LogP contribution in [-0.2, 0) is 0 Å². The van der Waals surface area contributed by atoms with Gasteiger partial charge in [-0.1, -0.05) is 0 Å². The van der Waals surface area contributed by atoms with Crippen LogP contribution in [0.5, 0.6) is 6.01 Å². The highest BCUT2D eigenvalue weighted by Crippen LogP contribution is 2.46. The predicted molar refractivity (Wildman–Crippen MR) is 58.4 cm³/mol. The molecule has 2 fully saturated rings. The van der Waals surface area contributed by atoms with Crippen molar-refractivity contribution >= 4 is 5.82 Å². The third-order valence-corrected chi connectivity index (χ3v) is 3.30. The second-order valence-corrected chi connectivity index (χ2v) is 4.56. The predicted octanol–water partition coefficient (Wildman–Crippen LogP) is 0.443. The smallest absolute Gasteiger partial charge is 0.318 e. The largest absolute Gasteiger partial charge is 0.461 e. The molecule has 0 aromatic carbocycles. The lowest BCUT2D eigenvalue weighted by atomic mass is 10.4. The summed E-state index contributed by atoms with van der Waals surface area (Å²) in [6, 6.07) is 0.121. The summed E-state index contributed by atoms with van der Waals surface area (Å²) in [7, 11) is 0. The molecule has 92 valence electrons. The number of halogens is 1. The van der Waals surface area contributed by atoms with Crippen molar-refractivity contribution in [2.24, 2.45) is 11.8 Å². The number of rotatable bonds is 4. The molecule has 0 bridgehead atoms. The van der Waals surface area contributed by atoms with Gasteiger partial charge in [0.2, 0.25) is 0 Å². The zero-order chi connectivity index (χ0) is 11.8. The van der Waals surface area contributed by atoms with Crippen molar-refractivity contribution in [2.75, 3.05) is 31.2 Å². The maximum atomic E-state index is 13.6. The first-order valence-electron chi connectivity index (χ1n) is 5.79. The van der Waals surface area contributed by atoms with E-state index in [1.165, 1.54) is 6.42 Å². The summed E-state index contributed by atoms with van der Waals surface area (Å²) in [5, 5.41) is 8.64. The molecule has 2 unspecified atom stereocenters. The van der Waals surface area contributed by atoms with Gasteiger partial charge in [-0.25, -0.2) is 9.37 Å². The van der Waals surface area contributed by atoms with Crippen LogP contribution in [0.1, 0.15) is 6.42 Å². The summed E-state index contributed by atoms with van der Waals surface area (Å²) < 4.78 is 18.7. The molecule has 17 heavy (non-hydrogen) atoms. The van der Waals surface area contributed by atoms with Gasteiger partial charge in [-0.05, 0) is 18.3 Å². The van der Waals surface area contributed by atoms with Gasteiger partial charge >= 0.3 is 6.01 Å². The number of hydrogen-bond acceptors (Lipinski definition) is 5. The second-order valence-electron chi connectivity index (χ2n) is 4.56. The van der Waals surface area contributed by atoms with Crippen molar-refractivity contribution in [3.05, 3.63) is 12.0 Å². The van der Waals surface area contributed by atoms with Crippen molar-refractivity contribution in [1.82, 2.24) is 9.97 Å². The van der Waals surface area contributed by atoms with E-state index in [9.17, 15) is 4.39 Å². The summed E-state index contributed by atoms with van der Waals surface area (Å²) in [5.74, 6) is 1.33. The molecule has 1 aliphatic heterocycles. The fraction of sp³-hybridized carbons (Fsp3) is 0.636. The number of hydrogen-bond donors (Lipinski definition) is 1. The number of nitrogens with zero attached hydrogens (tertiary/aromatic N) is 3. The van der Waals surface area contributed by atoms with Gasteiger partial charge in [-0.15, -0.1) is 0 Å². The van der Waals surface area contributed by atoms with E-state index < -0.39 is 5.82 Å². The lowest BCUT2D eigenvalue weighted by Gasteiger charge is -2.19. The van der Waals surface area contributed by atoms with Crippen LogP contribution in [0.3, 0.4) is 0 Å². The van der Waals surface area contributed by atoms with E-state index in [1.807, 2.05) is 4.90 Å². The minimum atomic E-state index is -0.414. The second kappa shape index (κ2) is 4.10. The maximum absolute atomic E-state index is 13.6. The van der Waals surface area contributed by atoms with Gasteiger partial charge in [-0.2, -0.15) is 4.98 Å². The van der Waals surface area contributed by atoms with E-state index in [-0.39, 0.29) is 19.2 Å². The zero-order valence-corrected chi connectivity index (χ0v) is 9.34. The van der Waals surface area contributed by atoms with E-state index in [0.717, 1.165) is 19.3 Å². The number of aliphatic hydroxyl groups is 1. The van der Waals surface area contributed by atoms with Crippen molar-refractivity contribution in [2.45, 2.75) is 6.42 Å². The first-order valence-corrected chi connectivity index (χ1v) is 5.79. The van der Waals surface area contributed by atoms with Crippen LogP contribution in [0.15, 0.2) is 6.20 Å². The Morgan fingerprint density at radius 3 is 2.94 bits per heavy atom. The monoisotopic (exact) mass is 239 g/mol. The van der Waals surface area contributed by atoms with Gasteiger partial charge < -0.3 is 14.7 Å². The van der Waals surface area contributed by atoms with E-state index in [2.05, 4.69) is 9.97 Å². The van der Waals surface area contributed by atoms with Crippen LogP contribution >= 0.6 is 0 Å². The van der Waals surface area contributed by atoms with Crippen LogP contribution in [0.4, 0.5) is 10.2 Å². The minimum absolute atomic E-state index is 0.107. The van der Waals surface area contributed by atoms with Gasteiger partial charge in [0.15, 0.2) is 11.6 Å². The molecular formula is C11H14FN3O2. The van der Waals surface area contributed by atoms with E-state index in [4.69, 9.17) is 9.84 Å². The topological polar surface area (TPSA) is 58.5 Å². The number of aliphatic hydroxyl groups excluding tert-OH is 1. The fourth-order valence-electron chi connectivity index (χ4n) is 2.34. The third kappa shape index (κ3) is 2.04. The molecule has 0 radical (unpaired) electrons. The summed E-state index contributed by atoms with van der Waals surface area (Å²) in [6.07, 6.45) is 2.38. The zero-order valence-electron chi connectivity index (χ0n) is 9.34. The average molecular weight is 239 g/mol. The highest BCUT2D eigenvalue weighted by atomic mass is 19.1. The molecule has 1 saturated heterocycles. The van der Waals surface area contributed by atoms with Crippen LogP contribution in [0.25, 0.3) is 0 Å². The Hall–Kier alpha value is -1.43. The summed E-state index contributed by atoms with van der Waals surface area (Å²) >= 11 is 0. The van der Waals surface area contributed by atoms with Crippen LogP contribution < -0.4 is 9.64 Å². The van der Waals surface area contributed by atoms with E-state index in [0.29, 0.717) is 17.7 Å². The molecule has 1 aromatic rings. The molecule has 2 atom stereocenters. The minimum Gasteiger partial charge on any atom is -0.461 e. The molecule has 2 aliphatic rings. The Labute approximate surface area is 98.2 Å². The van der Waals surface area contributed by atoms with Crippen LogP contribution in [-0.4, -0.2) is 41.4 Å². The van der Waals surface area contributed by atoms with Gasteiger partial charge in [0.05, 0.1) is 12.8 Å². The summed E-state index contributed by atoms with van der Waals surface area (Å²) in [4.78, 5) is 9.73. The Morgan fingerprint density at radius 2 is 2.24 bits per heavy atom. The Morgan fingerprint density at radius 1 is 1.47 bits per heavy atom. The first kappa shape index (κ1) is 10.7. The molecule has 3 rings (SSSR count). The molecule has 5 nitrogen and oxygen atoms in total. The lowest BCUT2D eigenvalue weighted by Crippen LogP contribution is -2.24. The van der Waals surface area contributed by atoms with Gasteiger partial charge in [0, 0.05) is 13.1 Å². The Kier molecular flexibility index (Phi) is 2.58. The van der Waals surface area contributed by atoms with Gasteiger partial charge in [0.1, 0.15) is 6.61 Å². The van der Waals surface area contributed by atoms with Crippen LogP contribution in [0, 0.1) is 17.7 Å². The molecule has 0 amide bonds. The van der Waals surface area contributed by atoms with Crippen molar-refractivity contribution in [1.29, 1.82) is 0 Å². The maximum Gasteiger partial charge on any atom is 0.318 e. The number of aromatic nitrogens is 2. The Bertz CT molecular complexity index is 419. The molecule has 1 aromatic heterocycles. The number of ether oxygens (including phenoxy) is 1. The molecule has 1 saturated carbocycles. The van der Waals surface area contributed by atoms with Crippen LogP contribution in [0.2, 0.25) is 0 Å². The molecule has 6 heteroatoms. The van der Waals surface area contributed by atoms with Crippen molar-refractivity contribution in [3.63, 3.8) is 0 Å². The molecule has 1 N–H and O–H groups in total. The Balaban J connectivity index is 1.77. The normalized spacial score (nSPS) is 25.9. The average Bonchev–Trinajstić information content (AvgIpc) is 2.95. The first-order chi connectivity index (χ1) is 8.28. The standard InChI is InChI=1S/C11H14FN3O2/c12-9-4-13-11(17-2-1-16)14-10(9)15-5-7-3-8(7)6-15/h4,7-8,16H,1-3,5-6H2. The third-order valence-electron chi connectivity index (χ3n) is 3.30. The number of anilines is 1. The molecular weight excluding hydrogens is 225 g/mol. The van der Waals surface area contributed by atoms with Crippen molar-refractivity contribution in [3.8, 4) is 6.01 Å². The summed E-state index contributed by atoms with van der Waals surface area (Å²) in [5.41, 5.74) is 0. The van der Waals surface area contributed by atoms with E-state index >= 15 is 0 Å². The van der Waals surface area contributed by atoms with E-state index in [1.54, 1.807) is 0 Å². The quantitative estimate of drug-likeness (QED) is 0.826.